The third-order valence-corrected chi connectivity index (χ3v) is 4.09. The van der Waals surface area contributed by atoms with Crippen LogP contribution < -0.4 is 10.7 Å². The van der Waals surface area contributed by atoms with Crippen LogP contribution in [0.1, 0.15) is 31.2 Å². The molecule has 2 unspecified atom stereocenters. The van der Waals surface area contributed by atoms with E-state index in [1.807, 2.05) is 31.2 Å². The van der Waals surface area contributed by atoms with Crippen molar-refractivity contribution < 1.29 is 9.90 Å². The van der Waals surface area contributed by atoms with Crippen molar-refractivity contribution >= 4 is 35.0 Å². The van der Waals surface area contributed by atoms with Crippen LogP contribution in [0.3, 0.4) is 0 Å². The molecule has 0 radical (unpaired) electrons. The molecular formula is C16H21N3O2S. The minimum absolute atomic E-state index is 0.00445. The number of hydrazone groups is 1. The average molecular weight is 319 g/mol. The molecule has 1 fully saturated rings. The van der Waals surface area contributed by atoms with Gasteiger partial charge in [-0.1, -0.05) is 43.3 Å². The maximum absolute atomic E-state index is 12.0. The maximum Gasteiger partial charge on any atom is 0.284 e. The van der Waals surface area contributed by atoms with Gasteiger partial charge in [-0.3, -0.25) is 10.2 Å². The zero-order valence-corrected chi connectivity index (χ0v) is 13.4. The zero-order valence-electron chi connectivity index (χ0n) is 12.6. The predicted molar refractivity (Wildman–Crippen MR) is 92.0 cm³/mol. The van der Waals surface area contributed by atoms with Crippen LogP contribution in [0, 0.1) is 12.8 Å². The molecule has 0 aromatic heterocycles. The molecule has 0 spiro atoms. The number of para-hydroxylation sites is 1. The highest BCUT2D eigenvalue weighted by Crippen LogP contribution is 2.22. The molecule has 1 amide bonds. The molecule has 118 valence electrons. The van der Waals surface area contributed by atoms with E-state index >= 15 is 0 Å². The third kappa shape index (κ3) is 4.61. The molecule has 1 aliphatic rings. The summed E-state index contributed by atoms with van der Waals surface area (Å²) in [5.41, 5.74) is 4.26. The van der Waals surface area contributed by atoms with Gasteiger partial charge in [0.15, 0.2) is 4.99 Å². The highest BCUT2D eigenvalue weighted by Gasteiger charge is 2.21. The number of aliphatic hydroxyl groups is 1. The van der Waals surface area contributed by atoms with Gasteiger partial charge in [0.1, 0.15) is 0 Å². The van der Waals surface area contributed by atoms with Gasteiger partial charge in [-0.2, -0.15) is 5.10 Å². The quantitative estimate of drug-likeness (QED) is 0.454. The Morgan fingerprint density at radius 3 is 2.82 bits per heavy atom. The fourth-order valence-corrected chi connectivity index (χ4v) is 2.55. The van der Waals surface area contributed by atoms with E-state index in [0.29, 0.717) is 0 Å². The van der Waals surface area contributed by atoms with Crippen molar-refractivity contribution in [3.8, 4) is 0 Å². The van der Waals surface area contributed by atoms with Crippen LogP contribution in [0.15, 0.2) is 29.4 Å². The first-order chi connectivity index (χ1) is 10.6. The molecule has 1 aliphatic carbocycles. The second kappa shape index (κ2) is 8.00. The molecule has 2 atom stereocenters. The Morgan fingerprint density at radius 2 is 2.09 bits per heavy atom. The standard InChI is InChI=1S/C16H21N3O2S/c1-11-6-2-4-8-13(11)18-15(21)16(22)19-17-10-12-7-3-5-9-14(12)20/h2,4,6,8,10,12,14,20H,3,5,7,9H2,1H3,(H,18,21)(H,19,22)/b17-10+. The molecule has 1 saturated carbocycles. The number of aliphatic hydroxyl groups excluding tert-OH is 1. The molecule has 0 heterocycles. The van der Waals surface area contributed by atoms with E-state index in [4.69, 9.17) is 12.2 Å². The highest BCUT2D eigenvalue weighted by molar-refractivity contribution is 7.82. The highest BCUT2D eigenvalue weighted by atomic mass is 32.1. The second-order valence-electron chi connectivity index (χ2n) is 5.50. The predicted octanol–water partition coefficient (Wildman–Crippen LogP) is 2.39. The topological polar surface area (TPSA) is 73.7 Å². The summed E-state index contributed by atoms with van der Waals surface area (Å²) in [5, 5.41) is 16.6. The lowest BCUT2D eigenvalue weighted by Crippen LogP contribution is -2.32. The zero-order chi connectivity index (χ0) is 15.9. The number of carbonyl (C=O) groups is 1. The molecule has 22 heavy (non-hydrogen) atoms. The van der Waals surface area contributed by atoms with Crippen LogP contribution in [0.5, 0.6) is 0 Å². The molecule has 0 saturated heterocycles. The largest absolute Gasteiger partial charge is 0.392 e. The van der Waals surface area contributed by atoms with Gasteiger partial charge in [-0.25, -0.2) is 0 Å². The van der Waals surface area contributed by atoms with Crippen LogP contribution in [0.4, 0.5) is 5.69 Å². The number of benzene rings is 1. The lowest BCUT2D eigenvalue weighted by molar-refractivity contribution is -0.110. The lowest BCUT2D eigenvalue weighted by Gasteiger charge is -2.23. The van der Waals surface area contributed by atoms with Crippen LogP contribution in [-0.2, 0) is 4.79 Å². The summed E-state index contributed by atoms with van der Waals surface area (Å²) in [7, 11) is 0. The molecular weight excluding hydrogens is 298 g/mol. The van der Waals surface area contributed by atoms with Gasteiger partial charge in [0, 0.05) is 17.8 Å². The number of nitrogens with zero attached hydrogens (tertiary/aromatic N) is 1. The number of hydrogen-bond acceptors (Lipinski definition) is 4. The molecule has 6 heteroatoms. The Balaban J connectivity index is 1.84. The monoisotopic (exact) mass is 319 g/mol. The summed E-state index contributed by atoms with van der Waals surface area (Å²) in [4.78, 5) is 12.0. The molecule has 0 bridgehead atoms. The summed E-state index contributed by atoms with van der Waals surface area (Å²) in [6.07, 6.45) is 5.15. The summed E-state index contributed by atoms with van der Waals surface area (Å²) in [5.74, 6) is -0.367. The number of nitrogens with one attached hydrogen (secondary N) is 2. The number of anilines is 1. The Labute approximate surface area is 135 Å². The van der Waals surface area contributed by atoms with E-state index in [2.05, 4.69) is 15.8 Å². The number of rotatable bonds is 3. The van der Waals surface area contributed by atoms with Gasteiger partial charge in [-0.15, -0.1) is 0 Å². The number of amides is 1. The number of aryl methyl sites for hydroxylation is 1. The van der Waals surface area contributed by atoms with Crippen molar-refractivity contribution in [3.05, 3.63) is 29.8 Å². The van der Waals surface area contributed by atoms with Crippen molar-refractivity contribution in [1.82, 2.24) is 5.43 Å². The van der Waals surface area contributed by atoms with Gasteiger partial charge in [0.25, 0.3) is 5.91 Å². The summed E-state index contributed by atoms with van der Waals surface area (Å²) in [6.45, 7) is 1.91. The van der Waals surface area contributed by atoms with Crippen molar-refractivity contribution in [2.75, 3.05) is 5.32 Å². The van der Waals surface area contributed by atoms with Crippen LogP contribution >= 0.6 is 12.2 Å². The van der Waals surface area contributed by atoms with Crippen molar-refractivity contribution in [1.29, 1.82) is 0 Å². The van der Waals surface area contributed by atoms with E-state index in [-0.39, 0.29) is 17.0 Å². The molecule has 1 aromatic carbocycles. The Hall–Kier alpha value is -1.79. The third-order valence-electron chi connectivity index (χ3n) is 3.81. The van der Waals surface area contributed by atoms with Gasteiger partial charge in [0.05, 0.1) is 6.10 Å². The van der Waals surface area contributed by atoms with Crippen LogP contribution in [0.2, 0.25) is 0 Å². The first kappa shape index (κ1) is 16.6. The molecule has 0 aliphatic heterocycles. The number of hydrogen-bond donors (Lipinski definition) is 3. The summed E-state index contributed by atoms with van der Waals surface area (Å²) < 4.78 is 0. The van der Waals surface area contributed by atoms with E-state index in [0.717, 1.165) is 36.9 Å². The molecule has 3 N–H and O–H groups in total. The first-order valence-corrected chi connectivity index (χ1v) is 7.87. The molecule has 1 aromatic rings. The summed E-state index contributed by atoms with van der Waals surface area (Å²) >= 11 is 5.02. The van der Waals surface area contributed by atoms with E-state index in [1.165, 1.54) is 0 Å². The van der Waals surface area contributed by atoms with Gasteiger partial charge in [0.2, 0.25) is 0 Å². The number of thiocarbonyl (C=S) groups is 1. The van der Waals surface area contributed by atoms with Crippen molar-refractivity contribution in [2.24, 2.45) is 11.0 Å². The second-order valence-corrected chi connectivity index (χ2v) is 5.91. The smallest absolute Gasteiger partial charge is 0.284 e. The lowest BCUT2D eigenvalue weighted by atomic mass is 9.87. The fraction of sp³-hybridized carbons (Fsp3) is 0.438. The Morgan fingerprint density at radius 1 is 1.36 bits per heavy atom. The van der Waals surface area contributed by atoms with E-state index in [9.17, 15) is 9.90 Å². The fourth-order valence-electron chi connectivity index (χ4n) is 2.45. The summed E-state index contributed by atoms with van der Waals surface area (Å²) in [6, 6.07) is 7.48. The van der Waals surface area contributed by atoms with E-state index in [1.54, 1.807) is 6.21 Å². The minimum Gasteiger partial charge on any atom is -0.392 e. The van der Waals surface area contributed by atoms with Crippen LogP contribution in [-0.4, -0.2) is 28.3 Å². The Kier molecular flexibility index (Phi) is 6.03. The molecule has 2 rings (SSSR count). The van der Waals surface area contributed by atoms with Crippen LogP contribution in [0.25, 0.3) is 0 Å². The van der Waals surface area contributed by atoms with Crippen molar-refractivity contribution in [3.63, 3.8) is 0 Å². The van der Waals surface area contributed by atoms with Gasteiger partial charge < -0.3 is 10.4 Å². The average Bonchev–Trinajstić information content (AvgIpc) is 2.51. The molecule has 5 nitrogen and oxygen atoms in total. The normalized spacial score (nSPS) is 21.5. The first-order valence-electron chi connectivity index (χ1n) is 7.46. The Bertz CT molecular complexity index is 574. The van der Waals surface area contributed by atoms with Gasteiger partial charge in [-0.05, 0) is 31.4 Å². The number of carbonyl (C=O) groups excluding carboxylic acids is 1. The SMILES string of the molecule is Cc1ccccc1NC(=O)C(=S)N/N=C/C1CCCCC1O. The van der Waals surface area contributed by atoms with E-state index < -0.39 is 5.91 Å². The minimum atomic E-state index is -0.398. The van der Waals surface area contributed by atoms with Crippen molar-refractivity contribution in [2.45, 2.75) is 38.7 Å². The van der Waals surface area contributed by atoms with Gasteiger partial charge >= 0.3 is 0 Å². The maximum atomic E-state index is 12.0.